The van der Waals surface area contributed by atoms with E-state index in [2.05, 4.69) is 4.74 Å². The van der Waals surface area contributed by atoms with Gasteiger partial charge in [-0.3, -0.25) is 14.4 Å². The molecule has 3 fully saturated rings. The monoisotopic (exact) mass is 412 g/mol. The molecule has 1 heterocycles. The number of benzene rings is 1. The molecule has 0 radical (unpaired) electrons. The van der Waals surface area contributed by atoms with Gasteiger partial charge in [-0.25, -0.2) is 4.79 Å². The normalized spacial score (nSPS) is 29.5. The van der Waals surface area contributed by atoms with E-state index in [0.717, 1.165) is 30.7 Å². The Bertz CT molecular complexity index is 875. The molecule has 1 aromatic carbocycles. The molecule has 154 valence electrons. The first kappa shape index (κ1) is 19.4. The van der Waals surface area contributed by atoms with Crippen LogP contribution in [0.1, 0.15) is 23.2 Å². The third-order valence-electron chi connectivity index (χ3n) is 5.72. The number of alkyl halides is 3. The number of rotatable bonds is 5. The van der Waals surface area contributed by atoms with Gasteiger partial charge in [0.05, 0.1) is 11.8 Å². The zero-order chi connectivity index (χ0) is 20.9. The highest BCUT2D eigenvalue weighted by Crippen LogP contribution is 2.57. The summed E-state index contributed by atoms with van der Waals surface area (Å²) in [6, 6.07) is 4.38. The number of halogens is 3. The predicted molar refractivity (Wildman–Crippen MR) is 86.5 cm³/mol. The van der Waals surface area contributed by atoms with Crippen LogP contribution >= 0.6 is 0 Å². The van der Waals surface area contributed by atoms with Gasteiger partial charge in [-0.05, 0) is 43.0 Å². The van der Waals surface area contributed by atoms with E-state index in [-0.39, 0.29) is 29.3 Å². The maximum atomic E-state index is 12.4. The van der Waals surface area contributed by atoms with Crippen LogP contribution in [0, 0.1) is 23.7 Å². The van der Waals surface area contributed by atoms with Gasteiger partial charge >= 0.3 is 24.1 Å². The lowest BCUT2D eigenvalue weighted by Gasteiger charge is -2.22. The first-order chi connectivity index (χ1) is 13.6. The van der Waals surface area contributed by atoms with Crippen molar-refractivity contribution in [2.24, 2.45) is 23.7 Å². The largest absolute Gasteiger partial charge is 0.491 e. The highest BCUT2D eigenvalue weighted by molar-refractivity contribution is 5.98. The third kappa shape index (κ3) is 3.47. The maximum absolute atomic E-state index is 12.4. The van der Waals surface area contributed by atoms with E-state index in [0.29, 0.717) is 6.42 Å². The molecule has 0 spiro atoms. The van der Waals surface area contributed by atoms with Gasteiger partial charge in [0, 0.05) is 11.5 Å². The second kappa shape index (κ2) is 6.85. The fraction of sp³-hybridized carbons (Fsp3) is 0.474. The summed E-state index contributed by atoms with van der Waals surface area (Å²) in [5, 5.41) is 0. The van der Waals surface area contributed by atoms with Gasteiger partial charge in [0.2, 0.25) is 0 Å². The molecule has 5 atom stereocenters. The van der Waals surface area contributed by atoms with E-state index >= 15 is 0 Å². The van der Waals surface area contributed by atoms with Gasteiger partial charge in [0.1, 0.15) is 11.9 Å². The lowest BCUT2D eigenvalue weighted by molar-refractivity contribution is -0.189. The molecule has 2 saturated carbocycles. The van der Waals surface area contributed by atoms with Crippen molar-refractivity contribution >= 4 is 23.7 Å². The smallest absolute Gasteiger partial charge is 0.462 e. The number of hydrogen-bond donors (Lipinski definition) is 0. The van der Waals surface area contributed by atoms with E-state index < -0.39 is 48.3 Å². The van der Waals surface area contributed by atoms with Crippen LogP contribution in [0.3, 0.4) is 0 Å². The minimum Gasteiger partial charge on any atom is -0.462 e. The Labute approximate surface area is 162 Å². The van der Waals surface area contributed by atoms with E-state index in [9.17, 15) is 32.3 Å². The number of esters is 3. The van der Waals surface area contributed by atoms with Crippen LogP contribution in [-0.2, 0) is 23.9 Å². The van der Waals surface area contributed by atoms with Gasteiger partial charge in [-0.2, -0.15) is 13.2 Å². The standard InChI is InChI=1S/C19H15F3O7/c20-19(21,22)18(26)28-10-3-1-8(2-4-10)12(23)7-27-16(24)14-9-5-11-13(6-9)29-17(25)15(11)14/h1-4,9,11,13-15H,5-7H2/t9-,11-,13-,14+,15+/m1/s1. The quantitative estimate of drug-likeness (QED) is 0.415. The van der Waals surface area contributed by atoms with Crippen LogP contribution in [0.25, 0.3) is 0 Å². The summed E-state index contributed by atoms with van der Waals surface area (Å²) in [5.74, 6) is -5.42. The first-order valence-electron chi connectivity index (χ1n) is 8.94. The molecule has 0 aromatic heterocycles. The Morgan fingerprint density at radius 1 is 1.10 bits per heavy atom. The van der Waals surface area contributed by atoms with Gasteiger partial charge in [-0.15, -0.1) is 0 Å². The van der Waals surface area contributed by atoms with E-state index in [1.807, 2.05) is 0 Å². The molecular formula is C19H15F3O7. The Kier molecular flexibility index (Phi) is 4.59. The zero-order valence-corrected chi connectivity index (χ0v) is 14.8. The molecule has 1 saturated heterocycles. The summed E-state index contributed by atoms with van der Waals surface area (Å²) in [6.45, 7) is -0.570. The van der Waals surface area contributed by atoms with Crippen molar-refractivity contribution in [1.29, 1.82) is 0 Å². The number of fused-ring (bicyclic) bond motifs is 1. The van der Waals surface area contributed by atoms with Crippen LogP contribution in [0.4, 0.5) is 13.2 Å². The molecule has 4 rings (SSSR count). The highest BCUT2D eigenvalue weighted by Gasteiger charge is 2.64. The average Bonchev–Trinajstić information content (AvgIpc) is 3.28. The second-order valence-corrected chi connectivity index (χ2v) is 7.36. The van der Waals surface area contributed by atoms with Crippen LogP contribution in [0.15, 0.2) is 24.3 Å². The fourth-order valence-corrected chi connectivity index (χ4v) is 4.52. The molecule has 3 aliphatic rings. The van der Waals surface area contributed by atoms with Crippen LogP contribution in [0.2, 0.25) is 0 Å². The summed E-state index contributed by atoms with van der Waals surface area (Å²) < 4.78 is 51.0. The maximum Gasteiger partial charge on any atom is 0.491 e. The minimum absolute atomic E-state index is 0.00616. The molecule has 7 nitrogen and oxygen atoms in total. The van der Waals surface area contributed by atoms with Gasteiger partial charge in [0.25, 0.3) is 0 Å². The average molecular weight is 412 g/mol. The van der Waals surface area contributed by atoms with Crippen molar-refractivity contribution < 1.29 is 46.6 Å². The third-order valence-corrected chi connectivity index (χ3v) is 5.72. The number of carbonyl (C=O) groups excluding carboxylic acids is 4. The van der Waals surface area contributed by atoms with Crippen molar-refractivity contribution in [2.75, 3.05) is 6.61 Å². The number of ether oxygens (including phenoxy) is 3. The van der Waals surface area contributed by atoms with Crippen molar-refractivity contribution in [1.82, 2.24) is 0 Å². The van der Waals surface area contributed by atoms with Gasteiger partial charge < -0.3 is 14.2 Å². The highest BCUT2D eigenvalue weighted by atomic mass is 19.4. The van der Waals surface area contributed by atoms with Crippen molar-refractivity contribution in [3.8, 4) is 5.75 Å². The molecule has 1 aromatic rings. The minimum atomic E-state index is -5.13. The predicted octanol–water partition coefficient (Wildman–Crippen LogP) is 2.08. The number of Topliss-reactive ketones (excluding diaryl/α,β-unsaturated/α-hetero) is 1. The molecule has 0 N–H and O–H groups in total. The lowest BCUT2D eigenvalue weighted by atomic mass is 9.80. The fourth-order valence-electron chi connectivity index (χ4n) is 4.52. The zero-order valence-electron chi connectivity index (χ0n) is 14.8. The Morgan fingerprint density at radius 2 is 1.79 bits per heavy atom. The van der Waals surface area contributed by atoms with Crippen LogP contribution in [0.5, 0.6) is 5.75 Å². The molecular weight excluding hydrogens is 397 g/mol. The summed E-state index contributed by atoms with van der Waals surface area (Å²) in [4.78, 5) is 47.3. The molecule has 29 heavy (non-hydrogen) atoms. The molecule has 1 aliphatic heterocycles. The molecule has 0 unspecified atom stereocenters. The number of carbonyl (C=O) groups is 4. The van der Waals surface area contributed by atoms with Crippen LogP contribution < -0.4 is 4.74 Å². The first-order valence-corrected chi connectivity index (χ1v) is 8.94. The molecule has 10 heteroatoms. The Morgan fingerprint density at radius 3 is 2.45 bits per heavy atom. The lowest BCUT2D eigenvalue weighted by Crippen LogP contribution is -2.34. The second-order valence-electron chi connectivity index (χ2n) is 7.36. The number of ketones is 1. The topological polar surface area (TPSA) is 96.0 Å². The summed E-state index contributed by atoms with van der Waals surface area (Å²) in [7, 11) is 0. The number of hydrogen-bond acceptors (Lipinski definition) is 7. The van der Waals surface area contributed by atoms with Crippen LogP contribution in [-0.4, -0.2) is 42.6 Å². The molecule has 2 bridgehead atoms. The van der Waals surface area contributed by atoms with Crippen molar-refractivity contribution in [3.63, 3.8) is 0 Å². The Balaban J connectivity index is 1.32. The summed E-state index contributed by atoms with van der Waals surface area (Å²) in [5.41, 5.74) is 0.0675. The van der Waals surface area contributed by atoms with Crippen molar-refractivity contribution in [3.05, 3.63) is 29.8 Å². The van der Waals surface area contributed by atoms with Crippen molar-refractivity contribution in [2.45, 2.75) is 25.1 Å². The van der Waals surface area contributed by atoms with Gasteiger partial charge in [0.15, 0.2) is 12.4 Å². The summed E-state index contributed by atoms with van der Waals surface area (Å²) in [6.07, 6.45) is -3.90. The van der Waals surface area contributed by atoms with Gasteiger partial charge in [-0.1, -0.05) is 0 Å². The van der Waals surface area contributed by atoms with E-state index in [1.54, 1.807) is 0 Å². The molecule has 0 amide bonds. The SMILES string of the molecule is O=C(COC(=O)[C@H]1[C@@H]2C[C@H]3[C@@H]1C(=O)O[C@@H]3C2)c1ccc(OC(=O)C(F)(F)F)cc1. The van der Waals surface area contributed by atoms with E-state index in [4.69, 9.17) is 9.47 Å². The summed E-state index contributed by atoms with van der Waals surface area (Å²) >= 11 is 0. The van der Waals surface area contributed by atoms with E-state index in [1.165, 1.54) is 0 Å². The Hall–Kier alpha value is -2.91. The molecule has 2 aliphatic carbocycles.